The Labute approximate surface area is 149 Å². The van der Waals surface area contributed by atoms with Crippen LogP contribution in [0.1, 0.15) is 49.3 Å². The Hall–Kier alpha value is -2.14. The summed E-state index contributed by atoms with van der Waals surface area (Å²) >= 11 is 0. The second-order valence-corrected chi connectivity index (χ2v) is 7.34. The fraction of sp³-hybridized carbons (Fsp3) is 0.500. The van der Waals surface area contributed by atoms with E-state index >= 15 is 0 Å². The predicted octanol–water partition coefficient (Wildman–Crippen LogP) is 2.79. The number of fused-ring (bicyclic) bond motifs is 1. The van der Waals surface area contributed by atoms with Gasteiger partial charge in [-0.2, -0.15) is 5.10 Å². The number of hydrogen-bond donors (Lipinski definition) is 1. The van der Waals surface area contributed by atoms with Gasteiger partial charge in [0.15, 0.2) is 0 Å². The zero-order chi connectivity index (χ0) is 17.2. The van der Waals surface area contributed by atoms with E-state index in [1.54, 1.807) is 0 Å². The highest BCUT2D eigenvalue weighted by atomic mass is 16.1. The summed E-state index contributed by atoms with van der Waals surface area (Å²) in [6.07, 6.45) is 8.97. The van der Waals surface area contributed by atoms with Gasteiger partial charge in [0.2, 0.25) is 5.91 Å². The van der Waals surface area contributed by atoms with E-state index in [9.17, 15) is 4.79 Å². The molecule has 2 aromatic rings. The molecule has 0 aliphatic carbocycles. The van der Waals surface area contributed by atoms with Crippen LogP contribution in [0.5, 0.6) is 0 Å². The molecule has 2 saturated heterocycles. The van der Waals surface area contributed by atoms with E-state index in [1.165, 1.54) is 11.1 Å². The number of nitrogens with one attached hydrogen (secondary N) is 1. The average Bonchev–Trinajstić information content (AvgIpc) is 3.15. The number of aryl methyl sites for hydroxylation is 1. The lowest BCUT2D eigenvalue weighted by Crippen LogP contribution is -2.45. The molecular formula is C20H26N4O. The van der Waals surface area contributed by atoms with Gasteiger partial charge in [0.25, 0.3) is 0 Å². The van der Waals surface area contributed by atoms with Crippen LogP contribution in [0.4, 0.5) is 0 Å². The van der Waals surface area contributed by atoms with E-state index < -0.39 is 0 Å². The van der Waals surface area contributed by atoms with Gasteiger partial charge < -0.3 is 5.32 Å². The zero-order valence-corrected chi connectivity index (χ0v) is 14.8. The quantitative estimate of drug-likeness (QED) is 0.936. The second kappa shape index (κ2) is 7.00. The molecule has 0 radical (unpaired) electrons. The van der Waals surface area contributed by atoms with Gasteiger partial charge in [0.05, 0.1) is 6.20 Å². The van der Waals surface area contributed by atoms with Crippen molar-refractivity contribution in [2.45, 2.75) is 56.8 Å². The SMILES string of the molecule is Cn1cc(CN2[C@H](c3ccccc3)C[C@H]3NC(=O)CCCC[C@@H]32)cn1. The molecule has 3 atom stereocenters. The molecule has 0 spiro atoms. The molecule has 0 saturated carbocycles. The number of carbonyl (C=O) groups excluding carboxylic acids is 1. The molecule has 2 aliphatic rings. The summed E-state index contributed by atoms with van der Waals surface area (Å²) in [6.45, 7) is 0.879. The van der Waals surface area contributed by atoms with E-state index in [2.05, 4.69) is 51.8 Å². The third kappa shape index (κ3) is 3.47. The van der Waals surface area contributed by atoms with Crippen LogP contribution in [-0.4, -0.2) is 32.7 Å². The first-order chi connectivity index (χ1) is 12.2. The molecule has 132 valence electrons. The number of hydrogen-bond acceptors (Lipinski definition) is 3. The summed E-state index contributed by atoms with van der Waals surface area (Å²) in [5.41, 5.74) is 2.57. The monoisotopic (exact) mass is 338 g/mol. The Balaban J connectivity index is 1.64. The number of rotatable bonds is 3. The van der Waals surface area contributed by atoms with E-state index in [0.717, 1.165) is 32.2 Å². The first-order valence-electron chi connectivity index (χ1n) is 9.28. The molecule has 3 heterocycles. The van der Waals surface area contributed by atoms with Crippen molar-refractivity contribution in [1.29, 1.82) is 0 Å². The number of amides is 1. The normalized spacial score (nSPS) is 27.4. The molecule has 0 unspecified atom stereocenters. The van der Waals surface area contributed by atoms with Gasteiger partial charge in [0, 0.05) is 49.9 Å². The Morgan fingerprint density at radius 1 is 1.24 bits per heavy atom. The molecule has 1 amide bonds. The number of likely N-dealkylation sites (tertiary alicyclic amines) is 1. The van der Waals surface area contributed by atoms with Gasteiger partial charge in [0.1, 0.15) is 0 Å². The highest BCUT2D eigenvalue weighted by Crippen LogP contribution is 2.40. The predicted molar refractivity (Wildman–Crippen MR) is 96.7 cm³/mol. The summed E-state index contributed by atoms with van der Waals surface area (Å²) in [6, 6.07) is 11.7. The van der Waals surface area contributed by atoms with Crippen LogP contribution in [0.25, 0.3) is 0 Å². The summed E-state index contributed by atoms with van der Waals surface area (Å²) < 4.78 is 1.86. The maximum absolute atomic E-state index is 12.1. The minimum atomic E-state index is 0.213. The van der Waals surface area contributed by atoms with Gasteiger partial charge in [-0.25, -0.2) is 0 Å². The van der Waals surface area contributed by atoms with E-state index in [4.69, 9.17) is 0 Å². The van der Waals surface area contributed by atoms with Crippen molar-refractivity contribution in [1.82, 2.24) is 20.0 Å². The first kappa shape index (κ1) is 16.3. The average molecular weight is 338 g/mol. The number of aromatic nitrogens is 2. The van der Waals surface area contributed by atoms with E-state index in [-0.39, 0.29) is 11.9 Å². The summed E-state index contributed by atoms with van der Waals surface area (Å²) in [7, 11) is 1.96. The van der Waals surface area contributed by atoms with Crippen molar-refractivity contribution < 1.29 is 4.79 Å². The van der Waals surface area contributed by atoms with Crippen molar-refractivity contribution in [3.8, 4) is 0 Å². The van der Waals surface area contributed by atoms with Gasteiger partial charge in [-0.05, 0) is 24.8 Å². The minimum absolute atomic E-state index is 0.213. The first-order valence-corrected chi connectivity index (χ1v) is 9.28. The van der Waals surface area contributed by atoms with Crippen molar-refractivity contribution in [3.05, 3.63) is 53.9 Å². The Kier molecular flexibility index (Phi) is 4.57. The number of nitrogens with zero attached hydrogens (tertiary/aromatic N) is 3. The Bertz CT molecular complexity index is 726. The summed E-state index contributed by atoms with van der Waals surface area (Å²) in [5.74, 6) is 0.213. The minimum Gasteiger partial charge on any atom is -0.352 e. The molecule has 0 bridgehead atoms. The molecule has 1 aromatic carbocycles. The van der Waals surface area contributed by atoms with Crippen LogP contribution >= 0.6 is 0 Å². The molecule has 2 aliphatic heterocycles. The zero-order valence-electron chi connectivity index (χ0n) is 14.8. The molecular weight excluding hydrogens is 312 g/mol. The van der Waals surface area contributed by atoms with Gasteiger partial charge in [-0.15, -0.1) is 0 Å². The lowest BCUT2D eigenvalue weighted by atomic mass is 9.97. The van der Waals surface area contributed by atoms with Gasteiger partial charge >= 0.3 is 0 Å². The second-order valence-electron chi connectivity index (χ2n) is 7.34. The van der Waals surface area contributed by atoms with Crippen LogP contribution in [0.3, 0.4) is 0 Å². The highest BCUT2D eigenvalue weighted by Gasteiger charge is 2.42. The third-order valence-electron chi connectivity index (χ3n) is 5.58. The van der Waals surface area contributed by atoms with Crippen LogP contribution in [0, 0.1) is 0 Å². The van der Waals surface area contributed by atoms with Crippen LogP contribution in [-0.2, 0) is 18.4 Å². The Morgan fingerprint density at radius 3 is 2.84 bits per heavy atom. The topological polar surface area (TPSA) is 50.2 Å². The molecule has 1 N–H and O–H groups in total. The maximum Gasteiger partial charge on any atom is 0.220 e. The molecule has 5 nitrogen and oxygen atoms in total. The van der Waals surface area contributed by atoms with Gasteiger partial charge in [-0.1, -0.05) is 36.8 Å². The van der Waals surface area contributed by atoms with E-state index in [1.807, 2.05) is 17.9 Å². The lowest BCUT2D eigenvalue weighted by molar-refractivity contribution is -0.122. The largest absolute Gasteiger partial charge is 0.352 e. The van der Waals surface area contributed by atoms with Crippen LogP contribution < -0.4 is 5.32 Å². The molecule has 4 rings (SSSR count). The molecule has 1 aromatic heterocycles. The summed E-state index contributed by atoms with van der Waals surface area (Å²) in [4.78, 5) is 14.7. The maximum atomic E-state index is 12.1. The molecule has 25 heavy (non-hydrogen) atoms. The van der Waals surface area contributed by atoms with Crippen LogP contribution in [0.15, 0.2) is 42.7 Å². The van der Waals surface area contributed by atoms with Crippen molar-refractivity contribution in [2.24, 2.45) is 7.05 Å². The molecule has 2 fully saturated rings. The van der Waals surface area contributed by atoms with Gasteiger partial charge in [-0.3, -0.25) is 14.4 Å². The fourth-order valence-corrected chi connectivity index (χ4v) is 4.43. The highest BCUT2D eigenvalue weighted by molar-refractivity contribution is 5.76. The van der Waals surface area contributed by atoms with Crippen LogP contribution in [0.2, 0.25) is 0 Å². The fourth-order valence-electron chi connectivity index (χ4n) is 4.43. The number of carbonyl (C=O) groups is 1. The van der Waals surface area contributed by atoms with E-state index in [0.29, 0.717) is 18.5 Å². The third-order valence-corrected chi connectivity index (χ3v) is 5.58. The Morgan fingerprint density at radius 2 is 2.08 bits per heavy atom. The van der Waals surface area contributed by atoms with Crippen molar-refractivity contribution in [2.75, 3.05) is 0 Å². The number of benzene rings is 1. The van der Waals surface area contributed by atoms with Crippen molar-refractivity contribution in [3.63, 3.8) is 0 Å². The van der Waals surface area contributed by atoms with Crippen molar-refractivity contribution >= 4 is 5.91 Å². The standard InChI is InChI=1S/C20H26N4O/c1-23-13-15(12-21-23)14-24-18-9-5-6-10-20(25)22-17(18)11-19(24)16-7-3-2-4-8-16/h2-4,7-8,12-13,17-19H,5-6,9-11,14H2,1H3,(H,22,25)/t17-,18+,19+/m1/s1. The summed E-state index contributed by atoms with van der Waals surface area (Å²) in [5, 5.41) is 7.63. The smallest absolute Gasteiger partial charge is 0.220 e. The molecule has 5 heteroatoms. The lowest BCUT2D eigenvalue weighted by Gasteiger charge is -2.32.